The van der Waals surface area contributed by atoms with E-state index < -0.39 is 95.1 Å². The minimum atomic E-state index is -5.57. The van der Waals surface area contributed by atoms with E-state index in [-0.39, 0.29) is 12.0 Å². The Morgan fingerprint density at radius 1 is 1.15 bits per heavy atom. The number of phosphoric acid groups is 2. The summed E-state index contributed by atoms with van der Waals surface area (Å²) < 4.78 is 49.9. The van der Waals surface area contributed by atoms with Gasteiger partial charge in [0.1, 0.15) is 36.7 Å². The molecule has 39 heavy (non-hydrogen) atoms. The van der Waals surface area contributed by atoms with Crippen molar-refractivity contribution in [3.05, 3.63) is 32.6 Å². The van der Waals surface area contributed by atoms with Gasteiger partial charge in [-0.15, -0.1) is 0 Å². The largest absolute Gasteiger partial charge is 0.483 e. The summed E-state index contributed by atoms with van der Waals surface area (Å²) in [6.45, 7) is 0.698. The Kier molecular flexibility index (Phi) is 10.0. The fourth-order valence-corrected chi connectivity index (χ4v) is 6.03. The van der Waals surface area contributed by atoms with Gasteiger partial charge < -0.3 is 45.0 Å². The summed E-state index contributed by atoms with van der Waals surface area (Å²) in [5.41, 5.74) is -1.28. The number of hydrogen-bond acceptors (Lipinski definition) is 14. The molecule has 0 aromatic carbocycles. The molecular formula is C18H29N3O16P2. The van der Waals surface area contributed by atoms with E-state index in [9.17, 15) is 53.7 Å². The van der Waals surface area contributed by atoms with Gasteiger partial charge in [-0.2, -0.15) is 4.31 Å². The summed E-state index contributed by atoms with van der Waals surface area (Å²) >= 11 is 0. The molecule has 2 aliphatic rings. The zero-order valence-corrected chi connectivity index (χ0v) is 22.2. The molecule has 8 N–H and O–H groups in total. The van der Waals surface area contributed by atoms with Crippen LogP contribution < -0.4 is 16.6 Å². The molecule has 21 heteroatoms. The lowest BCUT2D eigenvalue weighted by Gasteiger charge is -2.42. The summed E-state index contributed by atoms with van der Waals surface area (Å²) in [6.07, 6.45) is -9.88. The molecule has 3 rings (SSSR count). The van der Waals surface area contributed by atoms with E-state index in [0.29, 0.717) is 0 Å². The highest BCUT2D eigenvalue weighted by molar-refractivity contribution is 7.61. The lowest BCUT2D eigenvalue weighted by Crippen LogP contribution is -2.64. The Balaban J connectivity index is 1.64. The van der Waals surface area contributed by atoms with Gasteiger partial charge >= 0.3 is 21.3 Å². The van der Waals surface area contributed by atoms with Gasteiger partial charge in [0.2, 0.25) is 5.91 Å². The van der Waals surface area contributed by atoms with Crippen molar-refractivity contribution in [1.29, 1.82) is 0 Å². The van der Waals surface area contributed by atoms with E-state index in [2.05, 4.69) is 19.1 Å². The van der Waals surface area contributed by atoms with Crippen molar-refractivity contribution in [2.75, 3.05) is 13.2 Å². The predicted molar refractivity (Wildman–Crippen MR) is 124 cm³/mol. The first-order valence-electron chi connectivity index (χ1n) is 11.3. The second-order valence-electron chi connectivity index (χ2n) is 8.76. The second-order valence-corrected chi connectivity index (χ2v) is 11.8. The molecule has 10 atom stereocenters. The fraction of sp³-hybridized carbons (Fsp3) is 0.722. The van der Waals surface area contributed by atoms with Crippen LogP contribution in [0.1, 0.15) is 25.1 Å². The number of aromatic nitrogens is 2. The maximum absolute atomic E-state index is 12.5. The normalized spacial score (nSPS) is 34.3. The van der Waals surface area contributed by atoms with Crippen LogP contribution in [0.2, 0.25) is 0 Å². The van der Waals surface area contributed by atoms with Gasteiger partial charge in [0.05, 0.1) is 19.3 Å². The van der Waals surface area contributed by atoms with E-state index >= 15 is 0 Å². The maximum atomic E-state index is 12.5. The smallest absolute Gasteiger partial charge is 0.394 e. The van der Waals surface area contributed by atoms with Crippen molar-refractivity contribution in [2.24, 2.45) is 0 Å². The number of H-pyrrole nitrogens is 1. The Morgan fingerprint density at radius 2 is 1.82 bits per heavy atom. The summed E-state index contributed by atoms with van der Waals surface area (Å²) in [4.78, 5) is 57.1. The van der Waals surface area contributed by atoms with Crippen molar-refractivity contribution < 1.29 is 67.0 Å². The number of phosphoric ester groups is 2. The zero-order chi connectivity index (χ0) is 29.3. The number of nitrogens with one attached hydrogen (secondary N) is 2. The molecule has 2 fully saturated rings. The van der Waals surface area contributed by atoms with Crippen LogP contribution in [0.5, 0.6) is 0 Å². The topological polar surface area (TPSA) is 286 Å². The number of amides is 1. The quantitative estimate of drug-likeness (QED) is 0.121. The van der Waals surface area contributed by atoms with Crippen LogP contribution in [0.4, 0.5) is 0 Å². The van der Waals surface area contributed by atoms with Gasteiger partial charge in [-0.3, -0.25) is 28.2 Å². The third-order valence-corrected chi connectivity index (χ3v) is 8.36. The van der Waals surface area contributed by atoms with Gasteiger partial charge in [-0.05, 0) is 6.92 Å². The molecular weight excluding hydrogens is 576 g/mol. The molecule has 0 saturated carbocycles. The molecule has 222 valence electrons. The van der Waals surface area contributed by atoms with Crippen molar-refractivity contribution in [1.82, 2.24) is 14.9 Å². The standard InChI is InChI=1S/C18H29N3O16P2/c1-7-4-21(18(28)20-16(7)27)12-3-9(24)11(34-12)6-33-38(29,30)37-39(31,32)36-17-13(19-8(2)23)15(26)14(25)10(5-22)35-17/h4,9-15,17,22,24-26H,3,5-6H2,1-2H3,(H,19,23)(H,29,30)(H,31,32)(H,20,27,28)/t9-,10+,11+,12+,13+,14+,15+,17+/m0/s1. The third-order valence-electron chi connectivity index (χ3n) is 5.76. The number of nitrogens with zero attached hydrogens (tertiary/aromatic N) is 1. The molecule has 1 aromatic rings. The van der Waals surface area contributed by atoms with Crippen LogP contribution in [0.3, 0.4) is 0 Å². The maximum Gasteiger partial charge on any atom is 0.483 e. The number of carbonyl (C=O) groups is 1. The van der Waals surface area contributed by atoms with Crippen LogP contribution in [-0.4, -0.2) is 102 Å². The molecule has 2 saturated heterocycles. The molecule has 0 radical (unpaired) electrons. The Bertz CT molecular complexity index is 1250. The van der Waals surface area contributed by atoms with Gasteiger partial charge in [-0.1, -0.05) is 0 Å². The monoisotopic (exact) mass is 605 g/mol. The Morgan fingerprint density at radius 3 is 2.44 bits per heavy atom. The number of hydrogen-bond donors (Lipinski definition) is 8. The van der Waals surface area contributed by atoms with Crippen LogP contribution in [-0.2, 0) is 36.8 Å². The van der Waals surface area contributed by atoms with Crippen LogP contribution in [0.25, 0.3) is 0 Å². The highest BCUT2D eigenvalue weighted by atomic mass is 31.3. The average Bonchev–Trinajstić information content (AvgIpc) is 3.18. The number of aliphatic hydroxyl groups is 4. The fourth-order valence-electron chi connectivity index (χ4n) is 3.87. The van der Waals surface area contributed by atoms with Crippen LogP contribution >= 0.6 is 15.6 Å². The SMILES string of the molecule is CC(=O)N[C@H]1[C@@H](OP(=O)(O)OP(=O)(O)OC[C@H]2O[C@@H](n3cc(C)c(=O)[nH]c3=O)C[C@@H]2O)O[C@H](CO)[C@@H](O)[C@@H]1O. The van der Waals surface area contributed by atoms with E-state index in [1.807, 2.05) is 0 Å². The van der Waals surface area contributed by atoms with Crippen molar-refractivity contribution in [3.63, 3.8) is 0 Å². The molecule has 2 aliphatic heterocycles. The van der Waals surface area contributed by atoms with E-state index in [1.165, 1.54) is 13.1 Å². The van der Waals surface area contributed by atoms with E-state index in [1.54, 1.807) is 0 Å². The minimum Gasteiger partial charge on any atom is -0.394 e. The molecule has 1 aromatic heterocycles. The first kappa shape index (κ1) is 31.7. The second kappa shape index (κ2) is 12.4. The summed E-state index contributed by atoms with van der Waals surface area (Å²) in [6, 6.07) is -1.66. The van der Waals surface area contributed by atoms with Gasteiger partial charge in [-0.25, -0.2) is 13.9 Å². The summed E-state index contributed by atoms with van der Waals surface area (Å²) in [5.74, 6) is -0.775. The average molecular weight is 605 g/mol. The lowest BCUT2D eigenvalue weighted by molar-refractivity contribution is -0.247. The molecule has 0 bridgehead atoms. The highest BCUT2D eigenvalue weighted by Crippen LogP contribution is 2.61. The number of aliphatic hydroxyl groups excluding tert-OH is 4. The van der Waals surface area contributed by atoms with Crippen LogP contribution in [0.15, 0.2) is 15.8 Å². The molecule has 3 heterocycles. The summed E-state index contributed by atoms with van der Waals surface area (Å²) in [5, 5.41) is 41.8. The molecule has 0 spiro atoms. The highest BCUT2D eigenvalue weighted by Gasteiger charge is 2.49. The van der Waals surface area contributed by atoms with E-state index in [0.717, 1.165) is 11.5 Å². The first-order valence-corrected chi connectivity index (χ1v) is 14.3. The number of aromatic amines is 1. The number of ether oxygens (including phenoxy) is 2. The number of rotatable bonds is 10. The Hall–Kier alpha value is -1.83. The van der Waals surface area contributed by atoms with Crippen molar-refractivity contribution in [3.8, 4) is 0 Å². The van der Waals surface area contributed by atoms with Crippen molar-refractivity contribution in [2.45, 2.75) is 69.3 Å². The molecule has 0 aliphatic carbocycles. The zero-order valence-electron chi connectivity index (χ0n) is 20.4. The van der Waals surface area contributed by atoms with Gasteiger partial charge in [0, 0.05) is 25.1 Å². The minimum absolute atomic E-state index is 0.175. The van der Waals surface area contributed by atoms with E-state index in [4.69, 9.17) is 14.0 Å². The molecule has 1 amide bonds. The lowest BCUT2D eigenvalue weighted by atomic mass is 9.97. The first-order chi connectivity index (χ1) is 18.0. The third kappa shape index (κ3) is 7.89. The number of carbonyl (C=O) groups excluding carboxylic acids is 1. The molecule has 2 unspecified atom stereocenters. The predicted octanol–water partition coefficient (Wildman–Crippen LogP) is -3.31. The summed E-state index contributed by atoms with van der Waals surface area (Å²) in [7, 11) is -11.0. The van der Waals surface area contributed by atoms with Gasteiger partial charge in [0.15, 0.2) is 6.29 Å². The van der Waals surface area contributed by atoms with Crippen LogP contribution in [0, 0.1) is 6.92 Å². The van der Waals surface area contributed by atoms with Crippen molar-refractivity contribution >= 4 is 21.6 Å². The molecule has 19 nitrogen and oxygen atoms in total. The van der Waals surface area contributed by atoms with Gasteiger partial charge in [0.25, 0.3) is 5.56 Å². The number of aryl methyl sites for hydroxylation is 1. The Labute approximate surface area is 219 Å².